The van der Waals surface area contributed by atoms with Crippen LogP contribution in [-0.2, 0) is 11.3 Å². The average Bonchev–Trinajstić information content (AvgIpc) is 2.86. The number of hydrogen-bond donors (Lipinski definition) is 1. The van der Waals surface area contributed by atoms with E-state index in [-0.39, 0.29) is 42.1 Å². The van der Waals surface area contributed by atoms with Gasteiger partial charge in [0, 0.05) is 25.5 Å². The summed E-state index contributed by atoms with van der Waals surface area (Å²) in [4.78, 5) is 12.2. The van der Waals surface area contributed by atoms with Crippen LogP contribution in [0.1, 0.15) is 29.3 Å². The van der Waals surface area contributed by atoms with Crippen molar-refractivity contribution in [3.63, 3.8) is 0 Å². The number of carbonyl (C=O) groups excluding carboxylic acids is 1. The van der Waals surface area contributed by atoms with Crippen molar-refractivity contribution in [3.8, 4) is 0 Å². The molecule has 2 aromatic carbocycles. The first-order valence-electron chi connectivity index (χ1n) is 7.97. The van der Waals surface area contributed by atoms with E-state index in [0.717, 1.165) is 11.1 Å². The minimum atomic E-state index is -1.14. The van der Waals surface area contributed by atoms with Crippen molar-refractivity contribution >= 4 is 17.6 Å². The van der Waals surface area contributed by atoms with E-state index < -0.39 is 11.0 Å². The molecular formula is C19H20ClN2NaO2. The molecule has 0 spiro atoms. The number of halogens is 1. The summed E-state index contributed by atoms with van der Waals surface area (Å²) in [7, 11) is 0. The Balaban J connectivity index is 0.00000225. The van der Waals surface area contributed by atoms with Gasteiger partial charge in [-0.3, -0.25) is 10.2 Å². The third kappa shape index (κ3) is 4.85. The van der Waals surface area contributed by atoms with E-state index in [1.165, 1.54) is 5.56 Å². The second-order valence-corrected chi connectivity index (χ2v) is 6.98. The van der Waals surface area contributed by atoms with E-state index in [0.29, 0.717) is 13.1 Å². The monoisotopic (exact) mass is 366 g/mol. The van der Waals surface area contributed by atoms with Crippen LogP contribution in [0.2, 0.25) is 0 Å². The van der Waals surface area contributed by atoms with Crippen LogP contribution >= 0.6 is 11.6 Å². The van der Waals surface area contributed by atoms with E-state index in [1.807, 2.05) is 66.4 Å². The maximum Gasteiger partial charge on any atom is 1.00 e. The average molecular weight is 367 g/mol. The smallest absolute Gasteiger partial charge is 0.550 e. The number of benzene rings is 2. The van der Waals surface area contributed by atoms with Gasteiger partial charge in [0.1, 0.15) is 5.00 Å². The van der Waals surface area contributed by atoms with E-state index in [1.54, 1.807) is 0 Å². The molecule has 0 radical (unpaired) electrons. The number of carbonyl (C=O) groups is 1. The molecule has 3 rings (SSSR count). The van der Waals surface area contributed by atoms with Gasteiger partial charge in [-0.2, -0.15) is 0 Å². The van der Waals surface area contributed by atoms with E-state index in [2.05, 4.69) is 5.32 Å². The summed E-state index contributed by atoms with van der Waals surface area (Å²) < 4.78 is 0. The molecule has 2 atom stereocenters. The van der Waals surface area contributed by atoms with Crippen molar-refractivity contribution in [2.24, 2.45) is 0 Å². The molecule has 1 saturated heterocycles. The zero-order valence-electron chi connectivity index (χ0n) is 14.5. The third-order valence-corrected chi connectivity index (χ3v) is 4.88. The predicted molar refractivity (Wildman–Crippen MR) is 92.1 cm³/mol. The molecular weight excluding hydrogens is 347 g/mol. The van der Waals surface area contributed by atoms with Gasteiger partial charge in [-0.1, -0.05) is 60.2 Å². The van der Waals surface area contributed by atoms with Crippen molar-refractivity contribution < 1.29 is 39.5 Å². The molecule has 4 nitrogen and oxygen atoms in total. The van der Waals surface area contributed by atoms with Gasteiger partial charge in [-0.15, -0.1) is 11.6 Å². The largest absolute Gasteiger partial charge is 1.00 e. The molecule has 2 aromatic rings. The van der Waals surface area contributed by atoms with Crippen LogP contribution in [0.15, 0.2) is 54.6 Å². The van der Waals surface area contributed by atoms with Crippen LogP contribution in [0.5, 0.6) is 0 Å². The SMILES string of the molecule is Cc1ccc(CN2C(c3ccccc3)NCC2(Cl)CC(=O)[O-])cc1.[Na+]. The van der Waals surface area contributed by atoms with Crippen LogP contribution in [0, 0.1) is 6.92 Å². The molecule has 0 aliphatic carbocycles. The molecule has 0 saturated carbocycles. The third-order valence-electron chi connectivity index (χ3n) is 4.40. The summed E-state index contributed by atoms with van der Waals surface area (Å²) >= 11 is 6.70. The van der Waals surface area contributed by atoms with Crippen LogP contribution in [0.25, 0.3) is 0 Å². The Morgan fingerprint density at radius 3 is 2.48 bits per heavy atom. The number of aliphatic carboxylic acids is 1. The molecule has 0 bridgehead atoms. The van der Waals surface area contributed by atoms with Crippen LogP contribution < -0.4 is 40.0 Å². The minimum Gasteiger partial charge on any atom is -0.550 e. The standard InChI is InChI=1S/C19H21ClN2O2.Na/c1-14-7-9-15(10-8-14)12-22-18(16-5-3-2-4-6-16)21-13-19(22,20)11-17(23)24;/h2-10,18,21H,11-13H2,1H3,(H,23,24);/q;+1/p-1. The van der Waals surface area contributed by atoms with Gasteiger partial charge in [-0.05, 0) is 18.1 Å². The van der Waals surface area contributed by atoms with Gasteiger partial charge in [0.15, 0.2) is 0 Å². The summed E-state index contributed by atoms with van der Waals surface area (Å²) in [5.74, 6) is -1.14. The Bertz CT molecular complexity index is 711. The fourth-order valence-electron chi connectivity index (χ4n) is 3.14. The van der Waals surface area contributed by atoms with Crippen molar-refractivity contribution in [3.05, 3.63) is 71.3 Å². The minimum absolute atomic E-state index is 0. The van der Waals surface area contributed by atoms with Gasteiger partial charge in [0.05, 0.1) is 6.17 Å². The normalized spacial score (nSPS) is 23.2. The molecule has 1 heterocycles. The number of rotatable bonds is 5. The molecule has 1 aliphatic rings. The summed E-state index contributed by atoms with van der Waals surface area (Å²) in [6.07, 6.45) is -0.360. The van der Waals surface area contributed by atoms with Crippen LogP contribution in [0.3, 0.4) is 0 Å². The number of nitrogens with zero attached hydrogens (tertiary/aromatic N) is 1. The molecule has 25 heavy (non-hydrogen) atoms. The Hall–Kier alpha value is -0.880. The van der Waals surface area contributed by atoms with E-state index >= 15 is 0 Å². The molecule has 1 fully saturated rings. The summed E-state index contributed by atoms with van der Waals surface area (Å²) in [5, 5.41) is 14.5. The van der Waals surface area contributed by atoms with Crippen molar-refractivity contribution in [1.82, 2.24) is 10.2 Å². The number of hydrogen-bond acceptors (Lipinski definition) is 4. The quantitative estimate of drug-likeness (QED) is 0.427. The van der Waals surface area contributed by atoms with Gasteiger partial charge in [0.2, 0.25) is 0 Å². The Morgan fingerprint density at radius 1 is 1.24 bits per heavy atom. The summed E-state index contributed by atoms with van der Waals surface area (Å²) in [5.41, 5.74) is 3.34. The van der Waals surface area contributed by atoms with Gasteiger partial charge >= 0.3 is 29.6 Å². The topological polar surface area (TPSA) is 55.4 Å². The van der Waals surface area contributed by atoms with Crippen LogP contribution in [0.4, 0.5) is 0 Å². The number of nitrogens with one attached hydrogen (secondary N) is 1. The predicted octanol–water partition coefficient (Wildman–Crippen LogP) is -0.822. The maximum atomic E-state index is 11.2. The fraction of sp³-hybridized carbons (Fsp3) is 0.316. The first-order chi connectivity index (χ1) is 11.5. The number of aryl methyl sites for hydroxylation is 1. The second-order valence-electron chi connectivity index (χ2n) is 6.27. The number of carboxylic acids is 1. The van der Waals surface area contributed by atoms with E-state index in [4.69, 9.17) is 11.6 Å². The molecule has 2 unspecified atom stereocenters. The zero-order valence-corrected chi connectivity index (χ0v) is 17.3. The number of carboxylic acid groups (broad SMARTS) is 1. The van der Waals surface area contributed by atoms with Gasteiger partial charge in [0.25, 0.3) is 0 Å². The van der Waals surface area contributed by atoms with Gasteiger partial charge in [-0.25, -0.2) is 0 Å². The summed E-state index contributed by atoms with van der Waals surface area (Å²) in [6.45, 7) is 2.98. The fourth-order valence-corrected chi connectivity index (χ4v) is 3.48. The van der Waals surface area contributed by atoms with Gasteiger partial charge < -0.3 is 9.90 Å². The molecule has 0 aromatic heterocycles. The molecule has 1 aliphatic heterocycles. The van der Waals surface area contributed by atoms with Crippen molar-refractivity contribution in [1.29, 1.82) is 0 Å². The van der Waals surface area contributed by atoms with E-state index in [9.17, 15) is 9.90 Å². The molecule has 0 amide bonds. The summed E-state index contributed by atoms with van der Waals surface area (Å²) in [6, 6.07) is 18.1. The zero-order chi connectivity index (χ0) is 17.2. The Labute approximate surface area is 175 Å². The van der Waals surface area contributed by atoms with Crippen LogP contribution in [-0.4, -0.2) is 22.4 Å². The Kier molecular flexibility index (Phi) is 7.09. The molecule has 126 valence electrons. The maximum absolute atomic E-state index is 11.2. The first kappa shape index (κ1) is 20.4. The number of alkyl halides is 1. The first-order valence-corrected chi connectivity index (χ1v) is 8.35. The van der Waals surface area contributed by atoms with Crippen molar-refractivity contribution in [2.75, 3.05) is 6.54 Å². The molecule has 1 N–H and O–H groups in total. The Morgan fingerprint density at radius 2 is 1.88 bits per heavy atom. The van der Waals surface area contributed by atoms with Crippen molar-refractivity contribution in [2.45, 2.75) is 31.1 Å². The second kappa shape index (κ2) is 8.67. The molecule has 6 heteroatoms.